The van der Waals surface area contributed by atoms with Crippen molar-refractivity contribution in [3.05, 3.63) is 71.1 Å². The third kappa shape index (κ3) is 3.34. The fourth-order valence-corrected chi connectivity index (χ4v) is 4.07. The number of fused-ring (bicyclic) bond motifs is 1. The molecule has 0 aliphatic rings. The van der Waals surface area contributed by atoms with Crippen LogP contribution in [0.5, 0.6) is 0 Å². The molecule has 28 heavy (non-hydrogen) atoms. The zero-order valence-electron chi connectivity index (χ0n) is 15.6. The molecule has 140 valence electrons. The number of aryl methyl sites for hydroxylation is 1. The van der Waals surface area contributed by atoms with E-state index in [2.05, 4.69) is 22.9 Å². The van der Waals surface area contributed by atoms with E-state index in [1.165, 1.54) is 18.3 Å². The maximum atomic E-state index is 12.7. The number of rotatable bonds is 5. The standard InChI is InChI=1S/C22H19N3O2S/c1-3-25-18-10-5-4-9-17(18)24-21(25)19-11-12-20(28-19)22(27)23-16-8-6-7-15(13-16)14(2)26/h4-13H,3H2,1-2H3,(H,23,27). The van der Waals surface area contributed by atoms with Crippen LogP contribution in [0.1, 0.15) is 33.9 Å². The van der Waals surface area contributed by atoms with Gasteiger partial charge < -0.3 is 9.88 Å². The minimum absolute atomic E-state index is 0.0343. The average Bonchev–Trinajstić information content (AvgIpc) is 3.32. The van der Waals surface area contributed by atoms with E-state index in [1.54, 1.807) is 24.3 Å². The first-order chi connectivity index (χ1) is 13.6. The number of aromatic nitrogens is 2. The van der Waals surface area contributed by atoms with Gasteiger partial charge in [-0.3, -0.25) is 9.59 Å². The van der Waals surface area contributed by atoms with E-state index in [9.17, 15) is 9.59 Å². The number of benzene rings is 2. The normalized spacial score (nSPS) is 10.9. The van der Waals surface area contributed by atoms with Gasteiger partial charge in [0.25, 0.3) is 5.91 Å². The van der Waals surface area contributed by atoms with Crippen molar-refractivity contribution < 1.29 is 9.59 Å². The van der Waals surface area contributed by atoms with Gasteiger partial charge in [-0.05, 0) is 50.2 Å². The van der Waals surface area contributed by atoms with E-state index in [1.807, 2.05) is 30.3 Å². The summed E-state index contributed by atoms with van der Waals surface area (Å²) in [5, 5.41) is 2.87. The number of thiophene rings is 1. The minimum Gasteiger partial charge on any atom is -0.324 e. The van der Waals surface area contributed by atoms with E-state index < -0.39 is 0 Å². The average molecular weight is 389 g/mol. The van der Waals surface area contributed by atoms with Gasteiger partial charge in [-0.15, -0.1) is 11.3 Å². The summed E-state index contributed by atoms with van der Waals surface area (Å²) in [6, 6.07) is 18.7. The lowest BCUT2D eigenvalue weighted by atomic mass is 10.1. The summed E-state index contributed by atoms with van der Waals surface area (Å²) in [6.45, 7) is 4.39. The Labute approximate surface area is 166 Å². The molecule has 2 aromatic heterocycles. The first kappa shape index (κ1) is 18.1. The number of carbonyl (C=O) groups is 2. The van der Waals surface area contributed by atoms with Crippen LogP contribution >= 0.6 is 11.3 Å². The first-order valence-electron chi connectivity index (χ1n) is 9.04. The number of imidazole rings is 1. The summed E-state index contributed by atoms with van der Waals surface area (Å²) in [4.78, 5) is 30.5. The van der Waals surface area contributed by atoms with E-state index in [4.69, 9.17) is 4.98 Å². The van der Waals surface area contributed by atoms with Gasteiger partial charge in [0.1, 0.15) is 0 Å². The molecular weight excluding hydrogens is 370 g/mol. The van der Waals surface area contributed by atoms with Crippen LogP contribution in [0.25, 0.3) is 21.7 Å². The van der Waals surface area contributed by atoms with Crippen LogP contribution in [0.4, 0.5) is 5.69 Å². The lowest BCUT2D eigenvalue weighted by molar-refractivity contribution is 0.101. The van der Waals surface area contributed by atoms with Crippen molar-refractivity contribution >= 4 is 39.7 Å². The molecule has 4 rings (SSSR count). The Morgan fingerprint density at radius 1 is 1.07 bits per heavy atom. The third-order valence-electron chi connectivity index (χ3n) is 4.55. The lowest BCUT2D eigenvalue weighted by Crippen LogP contribution is -2.10. The molecule has 0 bridgehead atoms. The fourth-order valence-electron chi connectivity index (χ4n) is 3.17. The summed E-state index contributed by atoms with van der Waals surface area (Å²) in [5.74, 6) is 0.635. The van der Waals surface area contributed by atoms with Crippen LogP contribution in [0.2, 0.25) is 0 Å². The zero-order valence-corrected chi connectivity index (χ0v) is 16.4. The number of para-hydroxylation sites is 2. The maximum Gasteiger partial charge on any atom is 0.265 e. The monoisotopic (exact) mass is 389 g/mol. The predicted octanol–water partition coefficient (Wildman–Crippen LogP) is 5.24. The number of carbonyl (C=O) groups excluding carboxylic acids is 2. The van der Waals surface area contributed by atoms with Crippen molar-refractivity contribution in [3.8, 4) is 10.7 Å². The molecule has 6 heteroatoms. The Morgan fingerprint density at radius 3 is 2.68 bits per heavy atom. The van der Waals surface area contributed by atoms with Gasteiger partial charge in [0.15, 0.2) is 11.6 Å². The molecule has 4 aromatic rings. The van der Waals surface area contributed by atoms with Crippen LogP contribution in [-0.2, 0) is 6.54 Å². The third-order valence-corrected chi connectivity index (χ3v) is 5.63. The van der Waals surface area contributed by atoms with Gasteiger partial charge in [0.05, 0.1) is 20.8 Å². The lowest BCUT2D eigenvalue weighted by Gasteiger charge is -2.05. The number of ketones is 1. The van der Waals surface area contributed by atoms with E-state index in [0.717, 1.165) is 28.3 Å². The van der Waals surface area contributed by atoms with Crippen LogP contribution in [0, 0.1) is 0 Å². The molecule has 1 amide bonds. The molecule has 5 nitrogen and oxygen atoms in total. The molecule has 0 spiro atoms. The van der Waals surface area contributed by atoms with Gasteiger partial charge in [-0.25, -0.2) is 4.98 Å². The van der Waals surface area contributed by atoms with Crippen molar-refractivity contribution in [2.24, 2.45) is 0 Å². The highest BCUT2D eigenvalue weighted by atomic mass is 32.1. The largest absolute Gasteiger partial charge is 0.324 e. The topological polar surface area (TPSA) is 64.0 Å². The van der Waals surface area contributed by atoms with Gasteiger partial charge in [0.2, 0.25) is 0 Å². The Morgan fingerprint density at radius 2 is 1.89 bits per heavy atom. The Hall–Kier alpha value is -3.25. The van der Waals surface area contributed by atoms with E-state index >= 15 is 0 Å². The van der Waals surface area contributed by atoms with E-state index in [0.29, 0.717) is 16.1 Å². The Kier molecular flexibility index (Phi) is 4.79. The maximum absolute atomic E-state index is 12.7. The van der Waals surface area contributed by atoms with E-state index in [-0.39, 0.29) is 11.7 Å². The second-order valence-electron chi connectivity index (χ2n) is 6.42. The van der Waals surface area contributed by atoms with Crippen molar-refractivity contribution in [1.82, 2.24) is 9.55 Å². The van der Waals surface area contributed by atoms with Gasteiger partial charge in [-0.2, -0.15) is 0 Å². The SMILES string of the molecule is CCn1c(-c2ccc(C(=O)Nc3cccc(C(C)=O)c3)s2)nc2ccccc21. The summed E-state index contributed by atoms with van der Waals surface area (Å²) in [7, 11) is 0. The number of hydrogen-bond acceptors (Lipinski definition) is 4. The number of hydrogen-bond donors (Lipinski definition) is 1. The zero-order chi connectivity index (χ0) is 19.7. The number of anilines is 1. The first-order valence-corrected chi connectivity index (χ1v) is 9.86. The van der Waals surface area contributed by atoms with Crippen LogP contribution in [0.3, 0.4) is 0 Å². The molecule has 1 N–H and O–H groups in total. The molecule has 2 heterocycles. The highest BCUT2D eigenvalue weighted by Crippen LogP contribution is 2.31. The predicted molar refractivity (Wildman–Crippen MR) is 113 cm³/mol. The number of Topliss-reactive ketones (excluding diaryl/α,β-unsaturated/α-hetero) is 1. The molecular formula is C22H19N3O2S. The van der Waals surface area contributed by atoms with Crippen LogP contribution in [0.15, 0.2) is 60.7 Å². The fraction of sp³-hybridized carbons (Fsp3) is 0.136. The molecule has 0 atom stereocenters. The highest BCUT2D eigenvalue weighted by molar-refractivity contribution is 7.17. The highest BCUT2D eigenvalue weighted by Gasteiger charge is 2.16. The molecule has 0 fully saturated rings. The van der Waals surface area contributed by atoms with Gasteiger partial charge >= 0.3 is 0 Å². The van der Waals surface area contributed by atoms with Crippen molar-refractivity contribution in [2.75, 3.05) is 5.32 Å². The van der Waals surface area contributed by atoms with Crippen molar-refractivity contribution in [3.63, 3.8) is 0 Å². The van der Waals surface area contributed by atoms with Crippen molar-refractivity contribution in [1.29, 1.82) is 0 Å². The number of amides is 1. The second-order valence-corrected chi connectivity index (χ2v) is 7.51. The van der Waals surface area contributed by atoms with Crippen molar-refractivity contribution in [2.45, 2.75) is 20.4 Å². The second kappa shape index (κ2) is 7.40. The smallest absolute Gasteiger partial charge is 0.265 e. The minimum atomic E-state index is -0.198. The van der Waals surface area contributed by atoms with Gasteiger partial charge in [0, 0.05) is 17.8 Å². The Balaban J connectivity index is 1.62. The summed E-state index contributed by atoms with van der Waals surface area (Å²) in [6.07, 6.45) is 0. The van der Waals surface area contributed by atoms with Crippen LogP contribution < -0.4 is 5.32 Å². The summed E-state index contributed by atoms with van der Waals surface area (Å²) >= 11 is 1.41. The molecule has 0 saturated heterocycles. The van der Waals surface area contributed by atoms with Crippen LogP contribution in [-0.4, -0.2) is 21.2 Å². The van der Waals surface area contributed by atoms with Gasteiger partial charge in [-0.1, -0.05) is 24.3 Å². The Bertz CT molecular complexity index is 1190. The molecule has 0 unspecified atom stereocenters. The summed E-state index contributed by atoms with van der Waals surface area (Å²) in [5.41, 5.74) is 3.20. The summed E-state index contributed by atoms with van der Waals surface area (Å²) < 4.78 is 2.15. The molecule has 0 aliphatic heterocycles. The molecule has 0 radical (unpaired) electrons. The number of nitrogens with one attached hydrogen (secondary N) is 1. The number of nitrogens with zero attached hydrogens (tertiary/aromatic N) is 2. The quantitative estimate of drug-likeness (QED) is 0.475. The molecule has 0 aliphatic carbocycles. The molecule has 2 aromatic carbocycles. The molecule has 0 saturated carbocycles.